The van der Waals surface area contributed by atoms with Gasteiger partial charge in [-0.2, -0.15) is 0 Å². The number of hydrogen-bond acceptors (Lipinski definition) is 2. The summed E-state index contributed by atoms with van der Waals surface area (Å²) in [4.78, 5) is 0. The minimum absolute atomic E-state index is 0.0334. The van der Waals surface area contributed by atoms with Crippen molar-refractivity contribution in [2.75, 3.05) is 5.75 Å². The van der Waals surface area contributed by atoms with Gasteiger partial charge in [0.25, 0.3) is 0 Å². The summed E-state index contributed by atoms with van der Waals surface area (Å²) in [6, 6.07) is 8.18. The van der Waals surface area contributed by atoms with Gasteiger partial charge in [-0.15, -0.1) is 0 Å². The van der Waals surface area contributed by atoms with Crippen LogP contribution in [0.1, 0.15) is 36.9 Å². The molecule has 2 rings (SSSR count). The molecule has 1 aromatic carbocycles. The molecule has 0 radical (unpaired) electrons. The van der Waals surface area contributed by atoms with Gasteiger partial charge in [0.05, 0.1) is 5.25 Å². The first-order valence-corrected chi connectivity index (χ1v) is 7.32. The summed E-state index contributed by atoms with van der Waals surface area (Å²) < 4.78 is 12.1. The highest BCUT2D eigenvalue weighted by Gasteiger charge is 2.33. The quantitative estimate of drug-likeness (QED) is 0.872. The highest BCUT2D eigenvalue weighted by atomic mass is 32.2. The molecule has 3 unspecified atom stereocenters. The molecule has 0 heterocycles. The lowest BCUT2D eigenvalue weighted by Gasteiger charge is -2.15. The van der Waals surface area contributed by atoms with E-state index in [-0.39, 0.29) is 11.3 Å². The van der Waals surface area contributed by atoms with E-state index in [1.54, 1.807) is 0 Å². The van der Waals surface area contributed by atoms with E-state index in [9.17, 15) is 4.21 Å². The van der Waals surface area contributed by atoms with Crippen LogP contribution in [-0.4, -0.2) is 15.2 Å². The van der Waals surface area contributed by atoms with Crippen LogP contribution in [0.3, 0.4) is 0 Å². The maximum absolute atomic E-state index is 12.1. The van der Waals surface area contributed by atoms with Crippen LogP contribution in [-0.2, 0) is 17.2 Å². The molecule has 88 valence electrons. The maximum Gasteiger partial charge on any atom is 0.0581 e. The van der Waals surface area contributed by atoms with Crippen LogP contribution >= 0.6 is 0 Å². The first-order valence-electron chi connectivity index (χ1n) is 5.94. The standard InChI is InChI=1S/C13H19NOS/c1-2-3-8-16(15)12-9-10-6-4-5-7-11(10)13(12)14/h4-7,12-13H,2-3,8-9,14H2,1H3. The van der Waals surface area contributed by atoms with E-state index < -0.39 is 10.8 Å². The zero-order valence-corrected chi connectivity index (χ0v) is 10.5. The molecule has 1 aliphatic rings. The van der Waals surface area contributed by atoms with Crippen LogP contribution in [0.5, 0.6) is 0 Å². The van der Waals surface area contributed by atoms with Crippen molar-refractivity contribution in [1.82, 2.24) is 0 Å². The van der Waals surface area contributed by atoms with E-state index in [0.717, 1.165) is 25.0 Å². The Bertz CT molecular complexity index is 391. The Kier molecular flexibility index (Phi) is 3.77. The summed E-state index contributed by atoms with van der Waals surface area (Å²) in [7, 11) is -0.777. The second-order valence-electron chi connectivity index (χ2n) is 4.41. The minimum atomic E-state index is -0.777. The number of rotatable bonds is 4. The molecule has 16 heavy (non-hydrogen) atoms. The molecule has 0 saturated carbocycles. The number of hydrogen-bond donors (Lipinski definition) is 1. The fourth-order valence-electron chi connectivity index (χ4n) is 2.28. The van der Waals surface area contributed by atoms with E-state index in [1.807, 2.05) is 12.1 Å². The van der Waals surface area contributed by atoms with Crippen molar-refractivity contribution in [2.24, 2.45) is 5.73 Å². The van der Waals surface area contributed by atoms with Gasteiger partial charge in [-0.25, -0.2) is 0 Å². The molecule has 0 aromatic heterocycles. The van der Waals surface area contributed by atoms with Gasteiger partial charge < -0.3 is 5.73 Å². The highest BCUT2D eigenvalue weighted by molar-refractivity contribution is 7.85. The zero-order chi connectivity index (χ0) is 11.5. The van der Waals surface area contributed by atoms with Crippen molar-refractivity contribution >= 4 is 10.8 Å². The Hall–Kier alpha value is -0.670. The Morgan fingerprint density at radius 3 is 2.88 bits per heavy atom. The van der Waals surface area contributed by atoms with Crippen molar-refractivity contribution in [1.29, 1.82) is 0 Å². The number of nitrogens with two attached hydrogens (primary N) is 1. The van der Waals surface area contributed by atoms with Gasteiger partial charge in [-0.05, 0) is 24.0 Å². The number of unbranched alkanes of at least 4 members (excludes halogenated alkanes) is 1. The smallest absolute Gasteiger partial charge is 0.0581 e. The van der Waals surface area contributed by atoms with Gasteiger partial charge in [0.1, 0.15) is 0 Å². The van der Waals surface area contributed by atoms with E-state index in [4.69, 9.17) is 5.73 Å². The van der Waals surface area contributed by atoms with E-state index in [1.165, 1.54) is 11.1 Å². The fourth-order valence-corrected chi connectivity index (χ4v) is 4.00. The van der Waals surface area contributed by atoms with Crippen LogP contribution in [0.4, 0.5) is 0 Å². The average molecular weight is 237 g/mol. The molecule has 1 aliphatic carbocycles. The third kappa shape index (κ3) is 2.20. The topological polar surface area (TPSA) is 43.1 Å². The molecule has 3 heteroatoms. The third-order valence-electron chi connectivity index (χ3n) is 3.27. The van der Waals surface area contributed by atoms with Gasteiger partial charge in [0.15, 0.2) is 0 Å². The lowest BCUT2D eigenvalue weighted by Crippen LogP contribution is -2.28. The summed E-state index contributed by atoms with van der Waals surface area (Å²) >= 11 is 0. The second kappa shape index (κ2) is 5.11. The zero-order valence-electron chi connectivity index (χ0n) is 9.69. The lowest BCUT2D eigenvalue weighted by atomic mass is 10.1. The van der Waals surface area contributed by atoms with Gasteiger partial charge in [-0.1, -0.05) is 37.6 Å². The van der Waals surface area contributed by atoms with Gasteiger partial charge in [0, 0.05) is 22.6 Å². The average Bonchev–Trinajstić information content (AvgIpc) is 2.64. The molecule has 0 bridgehead atoms. The van der Waals surface area contributed by atoms with Crippen LogP contribution in [0.15, 0.2) is 24.3 Å². The summed E-state index contributed by atoms with van der Waals surface area (Å²) in [6.45, 7) is 2.13. The number of fused-ring (bicyclic) bond motifs is 1. The largest absolute Gasteiger partial charge is 0.323 e. The monoisotopic (exact) mass is 237 g/mol. The van der Waals surface area contributed by atoms with Gasteiger partial charge >= 0.3 is 0 Å². The van der Waals surface area contributed by atoms with Crippen molar-refractivity contribution in [3.05, 3.63) is 35.4 Å². The van der Waals surface area contributed by atoms with Crippen molar-refractivity contribution in [2.45, 2.75) is 37.5 Å². The third-order valence-corrected chi connectivity index (χ3v) is 5.10. The predicted molar refractivity (Wildman–Crippen MR) is 68.8 cm³/mol. The molecule has 1 aromatic rings. The fraction of sp³-hybridized carbons (Fsp3) is 0.538. The Labute approximate surface area is 99.7 Å². The second-order valence-corrected chi connectivity index (χ2v) is 6.18. The van der Waals surface area contributed by atoms with Gasteiger partial charge in [-0.3, -0.25) is 4.21 Å². The molecule has 0 aliphatic heterocycles. The Morgan fingerprint density at radius 1 is 1.44 bits per heavy atom. The van der Waals surface area contributed by atoms with E-state index in [0.29, 0.717) is 0 Å². The molecule has 0 saturated heterocycles. The summed E-state index contributed by atoms with van der Waals surface area (Å²) in [6.07, 6.45) is 3.01. The molecule has 2 N–H and O–H groups in total. The number of benzene rings is 1. The molecular weight excluding hydrogens is 218 g/mol. The molecule has 0 amide bonds. The predicted octanol–water partition coefficient (Wildman–Crippen LogP) is 2.16. The van der Waals surface area contributed by atoms with E-state index >= 15 is 0 Å². The normalized spacial score (nSPS) is 25.4. The van der Waals surface area contributed by atoms with Crippen LogP contribution in [0, 0.1) is 0 Å². The maximum atomic E-state index is 12.1. The van der Waals surface area contributed by atoms with Crippen LogP contribution in [0.2, 0.25) is 0 Å². The lowest BCUT2D eigenvalue weighted by molar-refractivity contribution is 0.643. The van der Waals surface area contributed by atoms with Crippen molar-refractivity contribution < 1.29 is 4.21 Å². The molecular formula is C13H19NOS. The minimum Gasteiger partial charge on any atom is -0.323 e. The molecule has 2 nitrogen and oxygen atoms in total. The first kappa shape index (κ1) is 11.8. The van der Waals surface area contributed by atoms with Crippen molar-refractivity contribution in [3.63, 3.8) is 0 Å². The van der Waals surface area contributed by atoms with Gasteiger partial charge in [0.2, 0.25) is 0 Å². The van der Waals surface area contributed by atoms with Crippen LogP contribution in [0.25, 0.3) is 0 Å². The SMILES string of the molecule is CCCCS(=O)C1Cc2ccccc2C1N. The Balaban J connectivity index is 2.09. The summed E-state index contributed by atoms with van der Waals surface area (Å²) in [5.74, 6) is 0.794. The highest BCUT2D eigenvalue weighted by Crippen LogP contribution is 2.32. The summed E-state index contributed by atoms with van der Waals surface area (Å²) in [5.41, 5.74) is 8.64. The van der Waals surface area contributed by atoms with Crippen LogP contribution < -0.4 is 5.73 Å². The first-order chi connectivity index (χ1) is 7.74. The Morgan fingerprint density at radius 2 is 2.19 bits per heavy atom. The van der Waals surface area contributed by atoms with Crippen molar-refractivity contribution in [3.8, 4) is 0 Å². The van der Waals surface area contributed by atoms with E-state index in [2.05, 4.69) is 19.1 Å². The molecule has 0 spiro atoms. The summed E-state index contributed by atoms with van der Waals surface area (Å²) in [5, 5.41) is 0.129. The molecule has 0 fully saturated rings. The molecule has 3 atom stereocenters.